The molecule has 0 unspecified atom stereocenters. The van der Waals surface area contributed by atoms with E-state index in [9.17, 15) is 9.18 Å². The summed E-state index contributed by atoms with van der Waals surface area (Å²) < 4.78 is 15.7. The molecule has 1 N–H and O–H groups in total. The Hall–Kier alpha value is -3.35. The minimum Gasteiger partial charge on any atom is -0.351 e. The number of nitrogens with one attached hydrogen (secondary N) is 1. The fourth-order valence-corrected chi connectivity index (χ4v) is 2.84. The van der Waals surface area contributed by atoms with Gasteiger partial charge in [0.15, 0.2) is 5.65 Å². The van der Waals surface area contributed by atoms with E-state index in [1.54, 1.807) is 24.3 Å². The molecule has 0 radical (unpaired) electrons. The molecule has 0 aliphatic carbocycles. The second-order valence-electron chi connectivity index (χ2n) is 5.91. The van der Waals surface area contributed by atoms with Crippen molar-refractivity contribution in [2.45, 2.75) is 12.8 Å². The molecule has 26 heavy (non-hydrogen) atoms. The average molecular weight is 349 g/mol. The van der Waals surface area contributed by atoms with E-state index in [0.717, 1.165) is 11.5 Å². The Bertz CT molecular complexity index is 1090. The summed E-state index contributed by atoms with van der Waals surface area (Å²) in [7, 11) is 0. The number of aromatic nitrogens is 4. The highest BCUT2D eigenvalue weighted by molar-refractivity contribution is 5.94. The number of halogens is 1. The van der Waals surface area contributed by atoms with Gasteiger partial charge >= 0.3 is 0 Å². The van der Waals surface area contributed by atoms with E-state index in [1.165, 1.54) is 6.07 Å². The van der Waals surface area contributed by atoms with Crippen molar-refractivity contribution >= 4 is 22.5 Å². The molecule has 0 bridgehead atoms. The molecule has 7 heteroatoms. The Morgan fingerprint density at radius 3 is 2.92 bits per heavy atom. The highest BCUT2D eigenvalue weighted by Gasteiger charge is 2.10. The Kier molecular flexibility index (Phi) is 4.27. The van der Waals surface area contributed by atoms with Crippen LogP contribution < -0.4 is 5.32 Å². The van der Waals surface area contributed by atoms with Crippen LogP contribution in [0.5, 0.6) is 0 Å². The number of hydrogen-bond donors (Lipinski definition) is 1. The third kappa shape index (κ3) is 3.11. The number of nitrogens with zero attached hydrogens (tertiary/aromatic N) is 4. The summed E-state index contributed by atoms with van der Waals surface area (Å²) >= 11 is 0. The largest absolute Gasteiger partial charge is 0.351 e. The summed E-state index contributed by atoms with van der Waals surface area (Å²) in [6, 6.07) is 13.7. The molecule has 3 aromatic heterocycles. The van der Waals surface area contributed by atoms with Crippen LogP contribution in [0.4, 0.5) is 4.39 Å². The molecular formula is C19H16FN5O. The molecule has 0 aliphatic heterocycles. The van der Waals surface area contributed by atoms with E-state index in [0.29, 0.717) is 24.8 Å². The topological polar surface area (TPSA) is 72.2 Å². The van der Waals surface area contributed by atoms with Crippen molar-refractivity contribution in [3.8, 4) is 0 Å². The van der Waals surface area contributed by atoms with Gasteiger partial charge in [0, 0.05) is 24.5 Å². The number of pyridine rings is 2. The van der Waals surface area contributed by atoms with E-state index < -0.39 is 5.82 Å². The lowest BCUT2D eigenvalue weighted by atomic mass is 10.2. The molecule has 1 aromatic carbocycles. The van der Waals surface area contributed by atoms with Crippen LogP contribution in [-0.2, 0) is 6.42 Å². The lowest BCUT2D eigenvalue weighted by molar-refractivity contribution is 0.0948. The molecule has 0 atom stereocenters. The minimum atomic E-state index is -0.434. The molecule has 130 valence electrons. The lowest BCUT2D eigenvalue weighted by Gasteiger charge is -2.06. The third-order valence-electron chi connectivity index (χ3n) is 4.15. The standard InChI is InChI=1S/C19H16FN5O/c20-14-6-3-5-13-9-10-15(22-18(13)14)19(26)21-11-4-8-17-24-23-16-7-1-2-12-25(16)17/h1-3,5-7,9-10,12H,4,8,11H2,(H,21,26). The second-order valence-corrected chi connectivity index (χ2v) is 5.91. The number of fused-ring (bicyclic) bond motifs is 2. The monoisotopic (exact) mass is 349 g/mol. The van der Waals surface area contributed by atoms with Gasteiger partial charge in [0.05, 0.1) is 0 Å². The van der Waals surface area contributed by atoms with Crippen molar-refractivity contribution in [1.82, 2.24) is 24.9 Å². The van der Waals surface area contributed by atoms with Crippen molar-refractivity contribution in [3.63, 3.8) is 0 Å². The molecule has 0 fully saturated rings. The van der Waals surface area contributed by atoms with E-state index in [-0.39, 0.29) is 17.1 Å². The maximum atomic E-state index is 13.8. The smallest absolute Gasteiger partial charge is 0.269 e. The summed E-state index contributed by atoms with van der Waals surface area (Å²) in [6.07, 6.45) is 3.31. The van der Waals surface area contributed by atoms with E-state index >= 15 is 0 Å². The fourth-order valence-electron chi connectivity index (χ4n) is 2.84. The first-order chi connectivity index (χ1) is 12.7. The SMILES string of the molecule is O=C(NCCCc1nnc2ccccn12)c1ccc2cccc(F)c2n1. The molecule has 0 aliphatic rings. The Morgan fingerprint density at radius 2 is 2.00 bits per heavy atom. The molecular weight excluding hydrogens is 333 g/mol. The highest BCUT2D eigenvalue weighted by Crippen LogP contribution is 2.15. The van der Waals surface area contributed by atoms with Gasteiger partial charge in [-0.1, -0.05) is 24.3 Å². The summed E-state index contributed by atoms with van der Waals surface area (Å²) in [6.45, 7) is 0.470. The summed E-state index contributed by atoms with van der Waals surface area (Å²) in [4.78, 5) is 16.4. The fraction of sp³-hybridized carbons (Fsp3) is 0.158. The van der Waals surface area contributed by atoms with E-state index in [4.69, 9.17) is 0 Å². The normalized spacial score (nSPS) is 11.1. The molecule has 4 aromatic rings. The molecule has 0 saturated carbocycles. The van der Waals surface area contributed by atoms with Crippen molar-refractivity contribution in [3.05, 3.63) is 72.1 Å². The lowest BCUT2D eigenvalue weighted by Crippen LogP contribution is -2.25. The van der Waals surface area contributed by atoms with E-state index in [2.05, 4.69) is 20.5 Å². The predicted octanol–water partition coefficient (Wildman–Crippen LogP) is 2.78. The molecule has 0 spiro atoms. The number of amides is 1. The quantitative estimate of drug-likeness (QED) is 0.563. The molecule has 0 saturated heterocycles. The van der Waals surface area contributed by atoms with Gasteiger partial charge in [0.2, 0.25) is 0 Å². The number of carbonyl (C=O) groups excluding carboxylic acids is 1. The number of para-hydroxylation sites is 1. The van der Waals surface area contributed by atoms with Crippen LogP contribution >= 0.6 is 0 Å². The Balaban J connectivity index is 1.37. The first-order valence-corrected chi connectivity index (χ1v) is 8.34. The molecule has 4 rings (SSSR count). The Labute approximate surface area is 148 Å². The number of rotatable bonds is 5. The van der Waals surface area contributed by atoms with E-state index in [1.807, 2.05) is 28.8 Å². The number of benzene rings is 1. The van der Waals surface area contributed by atoms with Crippen LogP contribution in [0.25, 0.3) is 16.6 Å². The Morgan fingerprint density at radius 1 is 1.08 bits per heavy atom. The van der Waals surface area contributed by atoms with Crippen molar-refractivity contribution in [1.29, 1.82) is 0 Å². The zero-order chi connectivity index (χ0) is 17.9. The predicted molar refractivity (Wildman–Crippen MR) is 95.3 cm³/mol. The maximum Gasteiger partial charge on any atom is 0.269 e. The minimum absolute atomic E-state index is 0.204. The van der Waals surface area contributed by atoms with Gasteiger partial charge < -0.3 is 5.32 Å². The van der Waals surface area contributed by atoms with Gasteiger partial charge in [0.1, 0.15) is 22.9 Å². The van der Waals surface area contributed by atoms with Crippen LogP contribution in [0.3, 0.4) is 0 Å². The van der Waals surface area contributed by atoms with Gasteiger partial charge in [-0.2, -0.15) is 0 Å². The molecule has 1 amide bonds. The van der Waals surface area contributed by atoms with Crippen LogP contribution in [0.2, 0.25) is 0 Å². The van der Waals surface area contributed by atoms with Crippen molar-refractivity contribution < 1.29 is 9.18 Å². The van der Waals surface area contributed by atoms with Crippen LogP contribution in [0.15, 0.2) is 54.7 Å². The maximum absolute atomic E-state index is 13.8. The second kappa shape index (κ2) is 6.87. The summed E-state index contributed by atoms with van der Waals surface area (Å²) in [5, 5.41) is 11.7. The number of hydrogen-bond acceptors (Lipinski definition) is 4. The summed E-state index contributed by atoms with van der Waals surface area (Å²) in [5.41, 5.74) is 1.21. The molecule has 6 nitrogen and oxygen atoms in total. The van der Waals surface area contributed by atoms with Crippen LogP contribution in [-0.4, -0.2) is 32.0 Å². The first-order valence-electron chi connectivity index (χ1n) is 8.34. The van der Waals surface area contributed by atoms with Crippen LogP contribution in [0, 0.1) is 5.82 Å². The summed E-state index contributed by atoms with van der Waals surface area (Å²) in [5.74, 6) is 0.0952. The van der Waals surface area contributed by atoms with Gasteiger partial charge in [-0.05, 0) is 30.7 Å². The van der Waals surface area contributed by atoms with Crippen molar-refractivity contribution in [2.75, 3.05) is 6.54 Å². The first kappa shape index (κ1) is 16.1. The van der Waals surface area contributed by atoms with Gasteiger partial charge in [-0.25, -0.2) is 9.37 Å². The zero-order valence-corrected chi connectivity index (χ0v) is 13.9. The zero-order valence-electron chi connectivity index (χ0n) is 13.9. The van der Waals surface area contributed by atoms with Gasteiger partial charge in [0.25, 0.3) is 5.91 Å². The van der Waals surface area contributed by atoms with Crippen molar-refractivity contribution in [2.24, 2.45) is 0 Å². The number of aryl methyl sites for hydroxylation is 1. The third-order valence-corrected chi connectivity index (χ3v) is 4.15. The van der Waals surface area contributed by atoms with Crippen LogP contribution in [0.1, 0.15) is 22.7 Å². The highest BCUT2D eigenvalue weighted by atomic mass is 19.1. The van der Waals surface area contributed by atoms with Gasteiger partial charge in [-0.15, -0.1) is 10.2 Å². The average Bonchev–Trinajstić information content (AvgIpc) is 3.08. The van der Waals surface area contributed by atoms with Gasteiger partial charge in [-0.3, -0.25) is 9.20 Å². The molecule has 3 heterocycles. The number of carbonyl (C=O) groups is 1.